The number of hydrogen-bond donors (Lipinski definition) is 2. The summed E-state index contributed by atoms with van der Waals surface area (Å²) < 4.78 is 15.1. The summed E-state index contributed by atoms with van der Waals surface area (Å²) in [6, 6.07) is 5.96. The Morgan fingerprint density at radius 3 is 3.10 bits per heavy atom. The molecule has 7 heteroatoms. The second-order valence-corrected chi connectivity index (χ2v) is 4.45. The van der Waals surface area contributed by atoms with Crippen LogP contribution in [0.25, 0.3) is 0 Å². The molecule has 108 valence electrons. The molecule has 0 saturated heterocycles. The number of amides is 1. The van der Waals surface area contributed by atoms with Crippen LogP contribution in [0.15, 0.2) is 30.6 Å². The van der Waals surface area contributed by atoms with E-state index in [1.807, 2.05) is 6.07 Å². The zero-order chi connectivity index (χ0) is 15.2. The molecule has 0 spiro atoms. The van der Waals surface area contributed by atoms with Crippen molar-refractivity contribution in [1.82, 2.24) is 9.55 Å². The van der Waals surface area contributed by atoms with E-state index in [0.717, 1.165) is 0 Å². The lowest BCUT2D eigenvalue weighted by molar-refractivity contribution is -0.116. The van der Waals surface area contributed by atoms with E-state index >= 15 is 0 Å². The van der Waals surface area contributed by atoms with Gasteiger partial charge in [-0.05, 0) is 24.6 Å². The molecule has 2 aromatic rings. The molecular formula is C14H14FN5O. The second-order valence-electron chi connectivity index (χ2n) is 4.45. The van der Waals surface area contributed by atoms with Gasteiger partial charge in [0.1, 0.15) is 11.9 Å². The van der Waals surface area contributed by atoms with Crippen molar-refractivity contribution in [2.24, 2.45) is 0 Å². The number of nitrogen functional groups attached to an aromatic ring is 1. The molecule has 0 fully saturated rings. The fourth-order valence-electron chi connectivity index (χ4n) is 1.86. The molecule has 21 heavy (non-hydrogen) atoms. The Kier molecular flexibility index (Phi) is 4.51. The Hall–Kier alpha value is -2.88. The molecule has 1 aromatic heterocycles. The Balaban J connectivity index is 1.85. The molecule has 0 radical (unpaired) electrons. The third kappa shape index (κ3) is 3.79. The van der Waals surface area contributed by atoms with Crippen molar-refractivity contribution in [2.45, 2.75) is 19.4 Å². The van der Waals surface area contributed by atoms with Gasteiger partial charge in [0, 0.05) is 31.0 Å². The third-order valence-electron chi connectivity index (χ3n) is 2.88. The van der Waals surface area contributed by atoms with Crippen LogP contribution >= 0.6 is 0 Å². The number of rotatable bonds is 5. The summed E-state index contributed by atoms with van der Waals surface area (Å²) in [7, 11) is 0. The number of nitrogens with one attached hydrogen (secondary N) is 1. The Morgan fingerprint density at radius 1 is 1.52 bits per heavy atom. The first-order chi connectivity index (χ1) is 10.1. The van der Waals surface area contributed by atoms with Gasteiger partial charge in [0.25, 0.3) is 0 Å². The quantitative estimate of drug-likeness (QED) is 0.821. The van der Waals surface area contributed by atoms with Crippen molar-refractivity contribution in [1.29, 1.82) is 5.26 Å². The Labute approximate surface area is 121 Å². The van der Waals surface area contributed by atoms with Crippen LogP contribution < -0.4 is 11.1 Å². The number of aromatic nitrogens is 2. The number of benzene rings is 1. The number of carbonyl (C=O) groups excluding carboxylic acids is 1. The van der Waals surface area contributed by atoms with Gasteiger partial charge in [0.05, 0.1) is 5.69 Å². The van der Waals surface area contributed by atoms with Crippen LogP contribution in [0.3, 0.4) is 0 Å². The molecule has 3 N–H and O–H groups in total. The highest BCUT2D eigenvalue weighted by Gasteiger charge is 2.08. The van der Waals surface area contributed by atoms with Crippen molar-refractivity contribution in [3.8, 4) is 6.07 Å². The maximum Gasteiger partial charge on any atom is 0.224 e. The number of aryl methyl sites for hydroxylation is 1. The predicted molar refractivity (Wildman–Crippen MR) is 75.6 cm³/mol. The van der Waals surface area contributed by atoms with Crippen LogP contribution in [0.5, 0.6) is 0 Å². The van der Waals surface area contributed by atoms with Gasteiger partial charge in [-0.25, -0.2) is 9.37 Å². The lowest BCUT2D eigenvalue weighted by atomic mass is 10.2. The largest absolute Gasteiger partial charge is 0.399 e. The van der Waals surface area contributed by atoms with E-state index in [9.17, 15) is 9.18 Å². The summed E-state index contributed by atoms with van der Waals surface area (Å²) in [4.78, 5) is 15.6. The number of imidazole rings is 1. The Bertz CT molecular complexity index is 689. The molecule has 2 rings (SSSR count). The molecule has 0 saturated carbocycles. The van der Waals surface area contributed by atoms with Crippen molar-refractivity contribution in [3.63, 3.8) is 0 Å². The van der Waals surface area contributed by atoms with E-state index in [1.165, 1.54) is 24.4 Å². The first kappa shape index (κ1) is 14.5. The van der Waals surface area contributed by atoms with Crippen molar-refractivity contribution in [2.75, 3.05) is 11.1 Å². The van der Waals surface area contributed by atoms with E-state index in [1.54, 1.807) is 10.8 Å². The van der Waals surface area contributed by atoms with Crippen LogP contribution in [0.1, 0.15) is 18.7 Å². The van der Waals surface area contributed by atoms with E-state index < -0.39 is 5.82 Å². The molecule has 0 unspecified atom stereocenters. The lowest BCUT2D eigenvalue weighted by Crippen LogP contribution is -2.14. The van der Waals surface area contributed by atoms with E-state index in [0.29, 0.717) is 24.5 Å². The first-order valence-corrected chi connectivity index (χ1v) is 6.36. The zero-order valence-corrected chi connectivity index (χ0v) is 11.2. The summed E-state index contributed by atoms with van der Waals surface area (Å²) in [5.74, 6) is -0.533. The molecule has 0 aliphatic rings. The first-order valence-electron chi connectivity index (χ1n) is 6.36. The number of nitriles is 1. The van der Waals surface area contributed by atoms with Gasteiger partial charge < -0.3 is 15.6 Å². The molecule has 1 amide bonds. The topological polar surface area (TPSA) is 96.7 Å². The molecule has 0 aliphatic carbocycles. The second kappa shape index (κ2) is 6.52. The van der Waals surface area contributed by atoms with Gasteiger partial charge in [-0.15, -0.1) is 0 Å². The standard InChI is InChI=1S/C14H14FN5O/c15-11-4-3-10(17)8-12(11)19-14(21)2-1-6-20-7-5-18-13(20)9-16/h3-5,7-8H,1-2,6,17H2,(H,19,21). The minimum atomic E-state index is -0.529. The number of nitrogens with two attached hydrogens (primary N) is 1. The van der Waals surface area contributed by atoms with E-state index in [4.69, 9.17) is 11.0 Å². The van der Waals surface area contributed by atoms with Gasteiger partial charge >= 0.3 is 0 Å². The summed E-state index contributed by atoms with van der Waals surface area (Å²) in [6.45, 7) is 0.496. The highest BCUT2D eigenvalue weighted by molar-refractivity contribution is 5.91. The minimum Gasteiger partial charge on any atom is -0.399 e. The van der Waals surface area contributed by atoms with Crippen LogP contribution in [-0.4, -0.2) is 15.5 Å². The Morgan fingerprint density at radius 2 is 2.33 bits per heavy atom. The smallest absolute Gasteiger partial charge is 0.224 e. The average Bonchev–Trinajstić information content (AvgIpc) is 2.90. The number of nitrogens with zero attached hydrogens (tertiary/aromatic N) is 3. The van der Waals surface area contributed by atoms with Gasteiger partial charge in [0.2, 0.25) is 11.7 Å². The van der Waals surface area contributed by atoms with Gasteiger partial charge in [-0.2, -0.15) is 5.26 Å². The fraction of sp³-hybridized carbons (Fsp3) is 0.214. The molecule has 0 bridgehead atoms. The number of halogens is 1. The zero-order valence-electron chi connectivity index (χ0n) is 11.2. The number of hydrogen-bond acceptors (Lipinski definition) is 4. The van der Waals surface area contributed by atoms with Crippen LogP contribution in [0.4, 0.5) is 15.8 Å². The molecule has 1 aromatic carbocycles. The number of anilines is 2. The van der Waals surface area contributed by atoms with Gasteiger partial charge in [-0.1, -0.05) is 0 Å². The molecular weight excluding hydrogens is 273 g/mol. The fourth-order valence-corrected chi connectivity index (χ4v) is 1.86. The average molecular weight is 287 g/mol. The summed E-state index contributed by atoms with van der Waals surface area (Å²) in [5, 5.41) is 11.3. The van der Waals surface area contributed by atoms with Crippen molar-refractivity contribution >= 4 is 17.3 Å². The lowest BCUT2D eigenvalue weighted by Gasteiger charge is -2.07. The van der Waals surface area contributed by atoms with Gasteiger partial charge in [-0.3, -0.25) is 4.79 Å². The summed E-state index contributed by atoms with van der Waals surface area (Å²) in [6.07, 6.45) is 3.92. The maximum atomic E-state index is 13.5. The predicted octanol–water partition coefficient (Wildman–Crippen LogP) is 1.89. The number of carbonyl (C=O) groups is 1. The van der Waals surface area contributed by atoms with Crippen LogP contribution in [0.2, 0.25) is 0 Å². The van der Waals surface area contributed by atoms with Crippen LogP contribution in [-0.2, 0) is 11.3 Å². The normalized spacial score (nSPS) is 10.1. The monoisotopic (exact) mass is 287 g/mol. The minimum absolute atomic E-state index is 0.0698. The van der Waals surface area contributed by atoms with E-state index in [2.05, 4.69) is 10.3 Å². The van der Waals surface area contributed by atoms with Crippen molar-refractivity contribution in [3.05, 3.63) is 42.2 Å². The SMILES string of the molecule is N#Cc1nccn1CCCC(=O)Nc1cc(N)ccc1F. The maximum absolute atomic E-state index is 13.5. The van der Waals surface area contributed by atoms with Crippen LogP contribution in [0, 0.1) is 17.1 Å². The van der Waals surface area contributed by atoms with Gasteiger partial charge in [0.15, 0.2) is 0 Å². The molecule has 0 atom stereocenters. The van der Waals surface area contributed by atoms with E-state index in [-0.39, 0.29) is 18.0 Å². The summed E-state index contributed by atoms with van der Waals surface area (Å²) >= 11 is 0. The van der Waals surface area contributed by atoms with Crippen molar-refractivity contribution < 1.29 is 9.18 Å². The summed E-state index contributed by atoms with van der Waals surface area (Å²) in [5.41, 5.74) is 5.99. The highest BCUT2D eigenvalue weighted by Crippen LogP contribution is 2.17. The molecule has 6 nitrogen and oxygen atoms in total. The highest BCUT2D eigenvalue weighted by atomic mass is 19.1. The molecule has 1 heterocycles. The molecule has 0 aliphatic heterocycles. The third-order valence-corrected chi connectivity index (χ3v) is 2.88.